The summed E-state index contributed by atoms with van der Waals surface area (Å²) in [6.07, 6.45) is 13.6. The Morgan fingerprint density at radius 1 is 1.12 bits per heavy atom. The zero-order valence-electron chi connectivity index (χ0n) is 16.5. The first-order valence-electron chi connectivity index (χ1n) is 10.4. The lowest BCUT2D eigenvalue weighted by Crippen LogP contribution is -2.49. The molecule has 4 aliphatic rings. The van der Waals surface area contributed by atoms with Crippen molar-refractivity contribution in [3.8, 4) is 0 Å². The maximum absolute atomic E-state index is 11.9. The predicted octanol–water partition coefficient (Wildman–Crippen LogP) is 5.01. The van der Waals surface area contributed by atoms with Crippen LogP contribution in [0.2, 0.25) is 0 Å². The van der Waals surface area contributed by atoms with Crippen molar-refractivity contribution in [2.24, 2.45) is 28.6 Å². The van der Waals surface area contributed by atoms with Gasteiger partial charge in [-0.1, -0.05) is 31.1 Å². The maximum atomic E-state index is 11.9. The molecule has 3 nitrogen and oxygen atoms in total. The van der Waals surface area contributed by atoms with E-state index in [1.54, 1.807) is 0 Å². The number of hydrogen-bond acceptors (Lipinski definition) is 3. The Labute approximate surface area is 157 Å². The van der Waals surface area contributed by atoms with E-state index < -0.39 is 0 Å². The van der Waals surface area contributed by atoms with Crippen LogP contribution in [0, 0.1) is 28.6 Å². The van der Waals surface area contributed by atoms with Crippen LogP contribution >= 0.6 is 0 Å². The summed E-state index contributed by atoms with van der Waals surface area (Å²) in [6.45, 7) is 4.88. The fourth-order valence-electron chi connectivity index (χ4n) is 7.03. The first-order chi connectivity index (χ1) is 12.4. The van der Waals surface area contributed by atoms with Gasteiger partial charge in [-0.25, -0.2) is 0 Å². The molecule has 0 aromatic rings. The van der Waals surface area contributed by atoms with Gasteiger partial charge in [0, 0.05) is 6.42 Å². The topological polar surface area (TPSA) is 43.4 Å². The van der Waals surface area contributed by atoms with Crippen LogP contribution < -0.4 is 0 Å². The van der Waals surface area contributed by atoms with E-state index >= 15 is 0 Å². The Kier molecular flexibility index (Phi) is 4.40. The van der Waals surface area contributed by atoms with E-state index in [4.69, 9.17) is 4.74 Å². The number of methoxy groups -OCH3 is 1. The van der Waals surface area contributed by atoms with Crippen LogP contribution in [0.15, 0.2) is 23.3 Å². The van der Waals surface area contributed by atoms with Crippen LogP contribution in [0.1, 0.15) is 71.6 Å². The normalized spacial score (nSPS) is 43.3. The molecule has 0 N–H and O–H groups in total. The summed E-state index contributed by atoms with van der Waals surface area (Å²) >= 11 is 0. The molecule has 3 heteroatoms. The molecule has 0 heterocycles. The smallest absolute Gasteiger partial charge is 0.309 e. The molecule has 0 saturated heterocycles. The van der Waals surface area contributed by atoms with Gasteiger partial charge >= 0.3 is 5.97 Å². The second kappa shape index (κ2) is 6.35. The zero-order valence-corrected chi connectivity index (χ0v) is 16.5. The summed E-state index contributed by atoms with van der Waals surface area (Å²) in [5.41, 5.74) is 3.45. The first kappa shape index (κ1) is 18.0. The second-order valence-electron chi connectivity index (χ2n) is 9.47. The highest BCUT2D eigenvalue weighted by atomic mass is 16.5. The highest BCUT2D eigenvalue weighted by molar-refractivity contribution is 5.91. The van der Waals surface area contributed by atoms with Crippen LogP contribution in [-0.2, 0) is 14.3 Å². The summed E-state index contributed by atoms with van der Waals surface area (Å²) in [4.78, 5) is 23.5. The number of esters is 1. The molecule has 0 bridgehead atoms. The van der Waals surface area contributed by atoms with Crippen molar-refractivity contribution in [1.29, 1.82) is 0 Å². The van der Waals surface area contributed by atoms with Crippen molar-refractivity contribution in [3.63, 3.8) is 0 Å². The van der Waals surface area contributed by atoms with E-state index in [0.717, 1.165) is 43.4 Å². The molecule has 142 valence electrons. The van der Waals surface area contributed by atoms with Crippen molar-refractivity contribution in [2.45, 2.75) is 71.6 Å². The number of carbonyl (C=O) groups excluding carboxylic acids is 2. The van der Waals surface area contributed by atoms with E-state index in [2.05, 4.69) is 19.9 Å². The average Bonchev–Trinajstić information content (AvgIpc) is 2.96. The fraction of sp³-hybridized carbons (Fsp3) is 0.739. The summed E-state index contributed by atoms with van der Waals surface area (Å²) in [6, 6.07) is 0. The number of carbonyl (C=O) groups is 2. The molecule has 4 rings (SSSR count). The van der Waals surface area contributed by atoms with Gasteiger partial charge in [0.1, 0.15) is 0 Å². The van der Waals surface area contributed by atoms with Crippen LogP contribution in [-0.4, -0.2) is 18.9 Å². The minimum absolute atomic E-state index is 0.134. The van der Waals surface area contributed by atoms with Gasteiger partial charge in [0.15, 0.2) is 5.78 Å². The van der Waals surface area contributed by atoms with Gasteiger partial charge in [0.25, 0.3) is 0 Å². The molecular formula is C23H32O3. The Morgan fingerprint density at radius 2 is 1.88 bits per heavy atom. The molecule has 3 saturated carbocycles. The van der Waals surface area contributed by atoms with Crippen LogP contribution in [0.4, 0.5) is 0 Å². The predicted molar refractivity (Wildman–Crippen MR) is 101 cm³/mol. The lowest BCUT2D eigenvalue weighted by Gasteiger charge is -2.57. The number of allylic oxidation sites excluding steroid dienone is 2. The molecule has 3 fully saturated rings. The van der Waals surface area contributed by atoms with Crippen LogP contribution in [0.5, 0.6) is 0 Å². The van der Waals surface area contributed by atoms with Gasteiger partial charge in [-0.3, -0.25) is 9.59 Å². The molecule has 26 heavy (non-hydrogen) atoms. The lowest BCUT2D eigenvalue weighted by molar-refractivity contribution is -0.139. The Hall–Kier alpha value is -1.38. The molecule has 5 atom stereocenters. The second-order valence-corrected chi connectivity index (χ2v) is 9.47. The minimum atomic E-state index is -0.134. The Bertz CT molecular complexity index is 688. The number of hydrogen-bond donors (Lipinski definition) is 0. The number of ketones is 1. The quantitative estimate of drug-likeness (QED) is 0.516. The SMILES string of the molecule is COC(=O)CC=C1CC[C@H]2[C@@H]3CCC4=CC(=O)CC[C@]4(C)[C@H]3CC[C@]12C. The van der Waals surface area contributed by atoms with Gasteiger partial charge in [0.2, 0.25) is 0 Å². The van der Waals surface area contributed by atoms with Crippen molar-refractivity contribution < 1.29 is 14.3 Å². The molecule has 0 amide bonds. The third-order valence-corrected chi connectivity index (χ3v) is 8.55. The van der Waals surface area contributed by atoms with E-state index in [-0.39, 0.29) is 16.8 Å². The van der Waals surface area contributed by atoms with E-state index in [0.29, 0.717) is 12.2 Å². The molecule has 0 unspecified atom stereocenters. The highest BCUT2D eigenvalue weighted by Gasteiger charge is 2.57. The summed E-state index contributed by atoms with van der Waals surface area (Å²) in [5.74, 6) is 2.44. The molecular weight excluding hydrogens is 324 g/mol. The molecule has 0 radical (unpaired) electrons. The zero-order chi connectivity index (χ0) is 18.5. The van der Waals surface area contributed by atoms with Crippen LogP contribution in [0.25, 0.3) is 0 Å². The Balaban J connectivity index is 1.59. The first-order valence-corrected chi connectivity index (χ1v) is 10.4. The lowest BCUT2D eigenvalue weighted by atomic mass is 9.47. The van der Waals surface area contributed by atoms with Crippen molar-refractivity contribution in [2.75, 3.05) is 7.11 Å². The van der Waals surface area contributed by atoms with Crippen LogP contribution in [0.3, 0.4) is 0 Å². The standard InChI is InChI=1S/C23H32O3/c1-22-13-11-20-18(7-4-16-14-17(24)10-12-23(16,20)2)19(22)8-5-15(22)6-9-21(25)26-3/h6,14,18-20H,4-5,7-13H2,1-3H3/t18-,19-,20-,22+,23-/m0/s1. The van der Waals surface area contributed by atoms with E-state index in [9.17, 15) is 9.59 Å². The van der Waals surface area contributed by atoms with Crippen molar-refractivity contribution in [1.82, 2.24) is 0 Å². The fourth-order valence-corrected chi connectivity index (χ4v) is 7.03. The Morgan fingerprint density at radius 3 is 2.65 bits per heavy atom. The summed E-state index contributed by atoms with van der Waals surface area (Å²) < 4.78 is 4.83. The summed E-state index contributed by atoms with van der Waals surface area (Å²) in [7, 11) is 1.47. The molecule has 0 aromatic carbocycles. The average molecular weight is 357 g/mol. The summed E-state index contributed by atoms with van der Waals surface area (Å²) in [5, 5.41) is 0. The molecule has 0 aromatic heterocycles. The van der Waals surface area contributed by atoms with Gasteiger partial charge < -0.3 is 4.74 Å². The van der Waals surface area contributed by atoms with Crippen molar-refractivity contribution in [3.05, 3.63) is 23.3 Å². The number of ether oxygens (including phenoxy) is 1. The van der Waals surface area contributed by atoms with Gasteiger partial charge in [0.05, 0.1) is 13.5 Å². The van der Waals surface area contributed by atoms with Gasteiger partial charge in [-0.15, -0.1) is 0 Å². The molecule has 0 aliphatic heterocycles. The van der Waals surface area contributed by atoms with E-state index in [1.807, 2.05) is 6.08 Å². The minimum Gasteiger partial charge on any atom is -0.469 e. The van der Waals surface area contributed by atoms with E-state index in [1.165, 1.54) is 43.9 Å². The van der Waals surface area contributed by atoms with Gasteiger partial charge in [-0.2, -0.15) is 0 Å². The third-order valence-electron chi connectivity index (χ3n) is 8.55. The number of fused-ring (bicyclic) bond motifs is 5. The maximum Gasteiger partial charge on any atom is 0.309 e. The van der Waals surface area contributed by atoms with Gasteiger partial charge in [-0.05, 0) is 79.6 Å². The third kappa shape index (κ3) is 2.61. The van der Waals surface area contributed by atoms with Crippen molar-refractivity contribution >= 4 is 11.8 Å². The monoisotopic (exact) mass is 356 g/mol. The molecule has 0 spiro atoms. The highest BCUT2D eigenvalue weighted by Crippen LogP contribution is 2.66. The number of rotatable bonds is 2. The molecule has 4 aliphatic carbocycles. The largest absolute Gasteiger partial charge is 0.469 e.